The van der Waals surface area contributed by atoms with Gasteiger partial charge in [0, 0.05) is 0 Å². The summed E-state index contributed by atoms with van der Waals surface area (Å²) in [7, 11) is -1.93. The predicted molar refractivity (Wildman–Crippen MR) is 101 cm³/mol. The summed E-state index contributed by atoms with van der Waals surface area (Å²) in [5.74, 6) is -0.0422. The van der Waals surface area contributed by atoms with Crippen LogP contribution in [0.1, 0.15) is 27.0 Å². The SMILES string of the molecule is CC(C)(C)[Si](C)(C)OC[C@@H]1O[C@@H](n2cnc3ccccc32)C=CC1=O. The predicted octanol–water partition coefficient (Wildman–Crippen LogP) is 4.08. The molecule has 1 aliphatic rings. The molecule has 25 heavy (non-hydrogen) atoms. The highest BCUT2D eigenvalue weighted by Gasteiger charge is 2.39. The molecule has 0 spiro atoms. The Morgan fingerprint density at radius 3 is 2.72 bits per heavy atom. The second kappa shape index (κ2) is 6.51. The fourth-order valence-electron chi connectivity index (χ4n) is 2.53. The topological polar surface area (TPSA) is 53.4 Å². The van der Waals surface area contributed by atoms with Crippen molar-refractivity contribution < 1.29 is 14.0 Å². The molecule has 5 nitrogen and oxygen atoms in total. The number of carbonyl (C=O) groups is 1. The molecule has 3 rings (SSSR count). The summed E-state index contributed by atoms with van der Waals surface area (Å²) in [6.07, 6.45) is 4.20. The van der Waals surface area contributed by atoms with Gasteiger partial charge in [-0.1, -0.05) is 32.9 Å². The van der Waals surface area contributed by atoms with E-state index >= 15 is 0 Å². The minimum Gasteiger partial charge on any atom is -0.414 e. The third kappa shape index (κ3) is 3.61. The van der Waals surface area contributed by atoms with Gasteiger partial charge in [-0.15, -0.1) is 0 Å². The number of hydrogen-bond acceptors (Lipinski definition) is 4. The molecule has 6 heteroatoms. The smallest absolute Gasteiger partial charge is 0.192 e. The number of fused-ring (bicyclic) bond motifs is 1. The lowest BCUT2D eigenvalue weighted by Gasteiger charge is -2.37. The van der Waals surface area contributed by atoms with Crippen LogP contribution in [0, 0.1) is 0 Å². The van der Waals surface area contributed by atoms with Crippen molar-refractivity contribution in [2.75, 3.05) is 6.61 Å². The van der Waals surface area contributed by atoms with Gasteiger partial charge in [0.15, 0.2) is 20.3 Å². The van der Waals surface area contributed by atoms with Crippen LogP contribution in [0.4, 0.5) is 0 Å². The molecular weight excluding hydrogens is 332 g/mol. The van der Waals surface area contributed by atoms with Gasteiger partial charge in [0.25, 0.3) is 0 Å². The molecule has 1 aromatic heterocycles. The first-order valence-electron chi connectivity index (χ1n) is 8.62. The molecule has 0 saturated heterocycles. The van der Waals surface area contributed by atoms with Gasteiger partial charge in [-0.2, -0.15) is 0 Å². The van der Waals surface area contributed by atoms with Gasteiger partial charge in [0.1, 0.15) is 6.10 Å². The van der Waals surface area contributed by atoms with E-state index in [9.17, 15) is 4.79 Å². The van der Waals surface area contributed by atoms with E-state index in [2.05, 4.69) is 38.8 Å². The maximum Gasteiger partial charge on any atom is 0.192 e. The highest BCUT2D eigenvalue weighted by molar-refractivity contribution is 6.74. The maximum absolute atomic E-state index is 12.2. The van der Waals surface area contributed by atoms with Gasteiger partial charge in [0.05, 0.1) is 24.0 Å². The Morgan fingerprint density at radius 1 is 1.28 bits per heavy atom. The monoisotopic (exact) mass is 358 g/mol. The molecule has 2 heterocycles. The zero-order valence-corrected chi connectivity index (χ0v) is 16.5. The second-order valence-corrected chi connectivity index (χ2v) is 12.8. The van der Waals surface area contributed by atoms with Crippen LogP contribution in [0.2, 0.25) is 18.1 Å². The van der Waals surface area contributed by atoms with Crippen molar-refractivity contribution in [2.24, 2.45) is 0 Å². The summed E-state index contributed by atoms with van der Waals surface area (Å²) < 4.78 is 14.2. The molecule has 2 atom stereocenters. The first kappa shape index (κ1) is 18.0. The minimum atomic E-state index is -1.93. The van der Waals surface area contributed by atoms with Crippen LogP contribution in [0.5, 0.6) is 0 Å². The van der Waals surface area contributed by atoms with Crippen molar-refractivity contribution in [3.8, 4) is 0 Å². The fraction of sp³-hybridized carbons (Fsp3) is 0.474. The van der Waals surface area contributed by atoms with Gasteiger partial charge < -0.3 is 9.16 Å². The van der Waals surface area contributed by atoms with Crippen molar-refractivity contribution in [1.82, 2.24) is 9.55 Å². The molecule has 0 amide bonds. The number of imidazole rings is 1. The Kier molecular flexibility index (Phi) is 4.70. The van der Waals surface area contributed by atoms with E-state index in [1.54, 1.807) is 18.5 Å². The molecule has 0 bridgehead atoms. The minimum absolute atomic E-state index is 0.0422. The van der Waals surface area contributed by atoms with Crippen molar-refractivity contribution in [3.63, 3.8) is 0 Å². The fourth-order valence-corrected chi connectivity index (χ4v) is 3.53. The van der Waals surface area contributed by atoms with Gasteiger partial charge >= 0.3 is 0 Å². The molecular formula is C19H26N2O3Si. The first-order valence-corrected chi connectivity index (χ1v) is 11.5. The zero-order valence-electron chi connectivity index (χ0n) is 15.5. The van der Waals surface area contributed by atoms with E-state index in [0.29, 0.717) is 6.61 Å². The number of para-hydroxylation sites is 2. The van der Waals surface area contributed by atoms with Gasteiger partial charge in [-0.3, -0.25) is 9.36 Å². The molecule has 134 valence electrons. The third-order valence-electron chi connectivity index (χ3n) is 5.20. The van der Waals surface area contributed by atoms with E-state index < -0.39 is 14.4 Å². The summed E-state index contributed by atoms with van der Waals surface area (Å²) in [4.78, 5) is 16.6. The molecule has 1 aliphatic heterocycles. The number of aromatic nitrogens is 2. The van der Waals surface area contributed by atoms with E-state index in [-0.39, 0.29) is 17.0 Å². The maximum atomic E-state index is 12.2. The van der Waals surface area contributed by atoms with Crippen molar-refractivity contribution in [1.29, 1.82) is 0 Å². The quantitative estimate of drug-likeness (QED) is 0.773. The van der Waals surface area contributed by atoms with Crippen LogP contribution < -0.4 is 0 Å². The van der Waals surface area contributed by atoms with E-state index in [4.69, 9.17) is 9.16 Å². The number of hydrogen-bond donors (Lipinski definition) is 0. The van der Waals surface area contributed by atoms with E-state index in [1.807, 2.05) is 28.8 Å². The van der Waals surface area contributed by atoms with Crippen LogP contribution >= 0.6 is 0 Å². The normalized spacial score (nSPS) is 21.9. The molecule has 0 radical (unpaired) electrons. The number of carbonyl (C=O) groups excluding carboxylic acids is 1. The van der Waals surface area contributed by atoms with Crippen molar-refractivity contribution >= 4 is 25.1 Å². The van der Waals surface area contributed by atoms with E-state index in [0.717, 1.165) is 11.0 Å². The Hall–Kier alpha value is -1.76. The van der Waals surface area contributed by atoms with Crippen LogP contribution in [0.25, 0.3) is 11.0 Å². The Labute approximate surface area is 149 Å². The summed E-state index contributed by atoms with van der Waals surface area (Å²) in [6, 6.07) is 7.88. The Bertz CT molecular complexity index is 804. The number of benzene rings is 1. The zero-order chi connectivity index (χ0) is 18.2. The number of ketones is 1. The number of rotatable bonds is 4. The average molecular weight is 359 g/mol. The lowest BCUT2D eigenvalue weighted by atomic mass is 10.2. The number of ether oxygens (including phenoxy) is 1. The Balaban J connectivity index is 1.76. The molecule has 0 fully saturated rings. The highest BCUT2D eigenvalue weighted by Crippen LogP contribution is 2.37. The lowest BCUT2D eigenvalue weighted by molar-refractivity contribution is -0.136. The van der Waals surface area contributed by atoms with Crippen molar-refractivity contribution in [2.45, 2.75) is 51.2 Å². The third-order valence-corrected chi connectivity index (χ3v) is 9.70. The summed E-state index contributed by atoms with van der Waals surface area (Å²) in [5.41, 5.74) is 1.89. The average Bonchev–Trinajstić information content (AvgIpc) is 2.97. The molecule has 0 saturated carbocycles. The molecule has 1 aromatic carbocycles. The highest BCUT2D eigenvalue weighted by atomic mass is 28.4. The lowest BCUT2D eigenvalue weighted by Crippen LogP contribution is -2.45. The van der Waals surface area contributed by atoms with E-state index in [1.165, 1.54) is 0 Å². The van der Waals surface area contributed by atoms with Crippen LogP contribution in [0.3, 0.4) is 0 Å². The number of nitrogens with zero attached hydrogens (tertiary/aromatic N) is 2. The van der Waals surface area contributed by atoms with Gasteiger partial charge in [-0.05, 0) is 42.4 Å². The largest absolute Gasteiger partial charge is 0.414 e. The molecule has 0 N–H and O–H groups in total. The molecule has 2 aromatic rings. The standard InChI is InChI=1S/C19H26N2O3Si/c1-19(2,3)25(4,5)23-12-17-16(22)10-11-18(24-17)21-13-20-14-8-6-7-9-15(14)21/h6-11,13,17-18H,12H2,1-5H3/t17-,18+/m0/s1. The first-order chi connectivity index (χ1) is 11.7. The van der Waals surface area contributed by atoms with Crippen LogP contribution in [-0.4, -0.2) is 36.4 Å². The van der Waals surface area contributed by atoms with Gasteiger partial charge in [0.2, 0.25) is 0 Å². The second-order valence-electron chi connectivity index (χ2n) is 7.99. The summed E-state index contributed by atoms with van der Waals surface area (Å²) in [6.45, 7) is 11.2. The molecule has 0 unspecified atom stereocenters. The van der Waals surface area contributed by atoms with Gasteiger partial charge in [-0.25, -0.2) is 4.98 Å². The Morgan fingerprint density at radius 2 is 2.00 bits per heavy atom. The summed E-state index contributed by atoms with van der Waals surface area (Å²) in [5, 5.41) is 0.0977. The molecule has 0 aliphatic carbocycles. The van der Waals surface area contributed by atoms with Crippen molar-refractivity contribution in [3.05, 3.63) is 42.7 Å². The van der Waals surface area contributed by atoms with Crippen LogP contribution in [0.15, 0.2) is 42.7 Å². The van der Waals surface area contributed by atoms with Crippen LogP contribution in [-0.2, 0) is 14.0 Å². The summed E-state index contributed by atoms with van der Waals surface area (Å²) >= 11 is 0.